The number of carbonyl (C=O) groups is 1. The number of amides is 1. The summed E-state index contributed by atoms with van der Waals surface area (Å²) in [5.74, 6) is -0.418. The number of nitrogens with two attached hydrogens (primary N) is 1. The van der Waals surface area contributed by atoms with E-state index < -0.39 is 5.91 Å². The van der Waals surface area contributed by atoms with E-state index in [9.17, 15) is 10.0 Å². The zero-order valence-electron chi connectivity index (χ0n) is 15.8. The van der Waals surface area contributed by atoms with Crippen molar-refractivity contribution in [1.29, 1.82) is 0 Å². The first-order chi connectivity index (χ1) is 13.5. The van der Waals surface area contributed by atoms with Crippen molar-refractivity contribution in [3.8, 4) is 22.5 Å². The quantitative estimate of drug-likeness (QED) is 0.440. The summed E-state index contributed by atoms with van der Waals surface area (Å²) < 4.78 is 2.98. The molecule has 5 nitrogen and oxygen atoms in total. The van der Waals surface area contributed by atoms with Crippen LogP contribution in [0.15, 0.2) is 66.7 Å². The van der Waals surface area contributed by atoms with Crippen LogP contribution in [0.4, 0.5) is 0 Å². The predicted molar refractivity (Wildman–Crippen MR) is 110 cm³/mol. The van der Waals surface area contributed by atoms with Crippen molar-refractivity contribution in [3.63, 3.8) is 0 Å². The number of benzene rings is 2. The topological polar surface area (TPSA) is 75.0 Å². The second kappa shape index (κ2) is 6.85. The van der Waals surface area contributed by atoms with Crippen molar-refractivity contribution in [2.45, 2.75) is 13.3 Å². The van der Waals surface area contributed by atoms with E-state index >= 15 is 0 Å². The molecule has 0 aliphatic carbocycles. The second-order valence-corrected chi connectivity index (χ2v) is 6.98. The SMILES string of the molecule is Cc1cc(-c2ccccc2)c(-c2ccc3c(CC(N)=O)cccc3[n+]2[O-])n1C. The maximum Gasteiger partial charge on any atom is 0.241 e. The van der Waals surface area contributed by atoms with Gasteiger partial charge in [0.25, 0.3) is 0 Å². The average molecular weight is 371 g/mol. The lowest BCUT2D eigenvalue weighted by atomic mass is 10.0. The van der Waals surface area contributed by atoms with Gasteiger partial charge in [-0.2, -0.15) is 4.73 Å². The maximum absolute atomic E-state index is 13.3. The van der Waals surface area contributed by atoms with Crippen LogP contribution in [0.3, 0.4) is 0 Å². The van der Waals surface area contributed by atoms with Crippen molar-refractivity contribution >= 4 is 16.8 Å². The van der Waals surface area contributed by atoms with E-state index in [1.54, 1.807) is 12.1 Å². The summed E-state index contributed by atoms with van der Waals surface area (Å²) in [5.41, 5.74) is 11.2. The molecule has 140 valence electrons. The molecule has 5 heteroatoms. The van der Waals surface area contributed by atoms with Crippen LogP contribution in [0.1, 0.15) is 11.3 Å². The average Bonchev–Trinajstić information content (AvgIpc) is 2.98. The number of pyridine rings is 1. The zero-order chi connectivity index (χ0) is 19.8. The van der Waals surface area contributed by atoms with Gasteiger partial charge in [-0.25, -0.2) is 0 Å². The molecule has 0 saturated heterocycles. The third-order valence-corrected chi connectivity index (χ3v) is 5.18. The summed E-state index contributed by atoms with van der Waals surface area (Å²) in [6.07, 6.45) is 0.106. The highest BCUT2D eigenvalue weighted by Gasteiger charge is 2.22. The molecule has 4 rings (SSSR count). The van der Waals surface area contributed by atoms with E-state index in [-0.39, 0.29) is 6.42 Å². The van der Waals surface area contributed by atoms with E-state index in [1.165, 1.54) is 0 Å². The number of fused-ring (bicyclic) bond motifs is 1. The molecule has 0 atom stereocenters. The van der Waals surface area contributed by atoms with E-state index in [4.69, 9.17) is 5.73 Å². The van der Waals surface area contributed by atoms with Crippen molar-refractivity contribution in [1.82, 2.24) is 4.57 Å². The van der Waals surface area contributed by atoms with Gasteiger partial charge in [0.2, 0.25) is 17.1 Å². The molecule has 4 aromatic rings. The molecule has 0 unspecified atom stereocenters. The second-order valence-electron chi connectivity index (χ2n) is 6.98. The van der Waals surface area contributed by atoms with Crippen molar-refractivity contribution in [2.75, 3.05) is 0 Å². The van der Waals surface area contributed by atoms with Crippen molar-refractivity contribution < 1.29 is 9.52 Å². The third kappa shape index (κ3) is 2.91. The molecule has 1 amide bonds. The fourth-order valence-corrected chi connectivity index (χ4v) is 3.72. The van der Waals surface area contributed by atoms with Gasteiger partial charge in [0.05, 0.1) is 11.8 Å². The minimum absolute atomic E-state index is 0.106. The Morgan fingerprint density at radius 2 is 1.82 bits per heavy atom. The fraction of sp³-hybridized carbons (Fsp3) is 0.130. The molecule has 0 aliphatic rings. The zero-order valence-corrected chi connectivity index (χ0v) is 15.8. The fourth-order valence-electron chi connectivity index (χ4n) is 3.72. The Morgan fingerprint density at radius 1 is 1.07 bits per heavy atom. The van der Waals surface area contributed by atoms with Crippen molar-refractivity contribution in [3.05, 3.63) is 83.2 Å². The Balaban J connectivity index is 1.96. The molecular formula is C23H21N3O2. The molecule has 0 aliphatic heterocycles. The van der Waals surface area contributed by atoms with Crippen LogP contribution in [0.25, 0.3) is 33.4 Å². The Labute approximate surface area is 163 Å². The number of aromatic nitrogens is 2. The number of nitrogens with zero attached hydrogens (tertiary/aromatic N) is 2. The molecule has 0 fully saturated rings. The highest BCUT2D eigenvalue weighted by molar-refractivity contribution is 5.88. The van der Waals surface area contributed by atoms with Crippen LogP contribution in [0.5, 0.6) is 0 Å². The number of hydrogen-bond donors (Lipinski definition) is 1. The first-order valence-corrected chi connectivity index (χ1v) is 9.12. The highest BCUT2D eigenvalue weighted by atomic mass is 16.5. The third-order valence-electron chi connectivity index (χ3n) is 5.18. The maximum atomic E-state index is 13.3. The highest BCUT2D eigenvalue weighted by Crippen LogP contribution is 2.34. The summed E-state index contributed by atoms with van der Waals surface area (Å²) >= 11 is 0. The van der Waals surface area contributed by atoms with Crippen LogP contribution in [-0.4, -0.2) is 10.5 Å². The molecule has 0 bridgehead atoms. The largest absolute Gasteiger partial charge is 0.618 e. The summed E-state index contributed by atoms with van der Waals surface area (Å²) in [6, 6.07) is 21.2. The first kappa shape index (κ1) is 17.8. The molecule has 2 N–H and O–H groups in total. The monoisotopic (exact) mass is 371 g/mol. The number of carbonyl (C=O) groups excluding carboxylic acids is 1. The van der Waals surface area contributed by atoms with E-state index in [2.05, 4.69) is 6.07 Å². The molecule has 28 heavy (non-hydrogen) atoms. The Bertz CT molecular complexity index is 1190. The van der Waals surface area contributed by atoms with Gasteiger partial charge < -0.3 is 15.5 Å². The smallest absolute Gasteiger partial charge is 0.241 e. The summed E-state index contributed by atoms with van der Waals surface area (Å²) in [7, 11) is 1.96. The Morgan fingerprint density at radius 3 is 2.54 bits per heavy atom. The molecular weight excluding hydrogens is 350 g/mol. The molecule has 0 saturated carbocycles. The van der Waals surface area contributed by atoms with E-state index in [0.29, 0.717) is 11.2 Å². The lowest BCUT2D eigenvalue weighted by Gasteiger charge is -2.12. The number of aryl methyl sites for hydroxylation is 1. The first-order valence-electron chi connectivity index (χ1n) is 9.12. The van der Waals surface area contributed by atoms with Crippen LogP contribution < -0.4 is 10.5 Å². The van der Waals surface area contributed by atoms with Gasteiger partial charge >= 0.3 is 0 Å². The number of primary amides is 1. The van der Waals surface area contributed by atoms with Gasteiger partial charge in [0.1, 0.15) is 5.69 Å². The van der Waals surface area contributed by atoms with Crippen LogP contribution in [0, 0.1) is 12.1 Å². The molecule has 0 radical (unpaired) electrons. The van der Waals surface area contributed by atoms with E-state index in [1.807, 2.05) is 67.1 Å². The molecule has 2 aromatic carbocycles. The van der Waals surface area contributed by atoms with Crippen molar-refractivity contribution in [2.24, 2.45) is 12.8 Å². The summed E-state index contributed by atoms with van der Waals surface area (Å²) in [4.78, 5) is 11.4. The Hall–Kier alpha value is -3.60. The molecule has 2 heterocycles. The van der Waals surface area contributed by atoms with Crippen LogP contribution in [-0.2, 0) is 18.3 Å². The predicted octanol–water partition coefficient (Wildman–Crippen LogP) is 3.48. The summed E-state index contributed by atoms with van der Waals surface area (Å²) in [6.45, 7) is 2.02. The molecule has 0 spiro atoms. The summed E-state index contributed by atoms with van der Waals surface area (Å²) in [5, 5.41) is 14.0. The number of rotatable bonds is 4. The normalized spacial score (nSPS) is 11.1. The molecule has 2 aromatic heterocycles. The number of hydrogen-bond acceptors (Lipinski definition) is 2. The van der Waals surface area contributed by atoms with Gasteiger partial charge in [0.15, 0.2) is 0 Å². The minimum atomic E-state index is -0.418. The van der Waals surface area contributed by atoms with Gasteiger partial charge in [-0.1, -0.05) is 42.5 Å². The van der Waals surface area contributed by atoms with Gasteiger partial charge in [-0.15, -0.1) is 0 Å². The van der Waals surface area contributed by atoms with Gasteiger partial charge in [-0.3, -0.25) is 4.79 Å². The van der Waals surface area contributed by atoms with Gasteiger partial charge in [0, 0.05) is 30.4 Å². The lowest BCUT2D eigenvalue weighted by molar-refractivity contribution is -0.565. The minimum Gasteiger partial charge on any atom is -0.618 e. The van der Waals surface area contributed by atoms with E-state index in [0.717, 1.165) is 38.2 Å². The Kier molecular flexibility index (Phi) is 4.35. The van der Waals surface area contributed by atoms with Gasteiger partial charge in [-0.05, 0) is 30.2 Å². The van der Waals surface area contributed by atoms with Crippen LogP contribution >= 0.6 is 0 Å². The lowest BCUT2D eigenvalue weighted by Crippen LogP contribution is -2.31. The standard InChI is InChI=1S/C23H21N3O2/c1-15-13-19(16-7-4-3-5-8-16)23(25(15)2)21-12-11-18-17(14-22(24)27)9-6-10-20(18)26(21)28/h3-13H,14H2,1-2H3,(H2,24,27). The van der Waals surface area contributed by atoms with Crippen LogP contribution in [0.2, 0.25) is 0 Å².